The average molecular weight is 418 g/mol. The van der Waals surface area contributed by atoms with Crippen LogP contribution in [0, 0.1) is 11.8 Å². The lowest BCUT2D eigenvalue weighted by Crippen LogP contribution is -2.47. The summed E-state index contributed by atoms with van der Waals surface area (Å²) in [5.74, 6) is 1.28. The summed E-state index contributed by atoms with van der Waals surface area (Å²) in [6.45, 7) is 8.79. The SMILES string of the molecule is CO[C@H]1CN(C)C(=O)c2ccc(NC(C)=O)cc2OC[C@@H](C)N(CC2CC2)C[C@H]1C. The van der Waals surface area contributed by atoms with Gasteiger partial charge < -0.3 is 19.7 Å². The highest BCUT2D eigenvalue weighted by atomic mass is 16.5. The molecule has 0 aromatic heterocycles. The fraction of sp³-hybridized carbons (Fsp3) is 0.652. The number of carbonyl (C=O) groups is 2. The van der Waals surface area contributed by atoms with Crippen LogP contribution in [0.1, 0.15) is 44.0 Å². The Kier molecular flexibility index (Phi) is 7.36. The second kappa shape index (κ2) is 9.79. The van der Waals surface area contributed by atoms with Crippen molar-refractivity contribution in [1.82, 2.24) is 9.80 Å². The normalized spacial score (nSPS) is 26.2. The third kappa shape index (κ3) is 5.73. The van der Waals surface area contributed by atoms with Gasteiger partial charge in [-0.25, -0.2) is 0 Å². The number of benzene rings is 1. The summed E-state index contributed by atoms with van der Waals surface area (Å²) >= 11 is 0. The standard InChI is InChI=1S/C23H35N3O4/c1-15-11-26(12-18-6-7-18)16(2)14-30-21-10-19(24-17(3)27)8-9-20(21)23(28)25(4)13-22(15)29-5/h8-10,15-16,18,22H,6-7,11-14H2,1-5H3,(H,24,27)/t15-,16-,22+/m1/s1. The summed E-state index contributed by atoms with van der Waals surface area (Å²) in [6, 6.07) is 5.40. The predicted octanol–water partition coefficient (Wildman–Crippen LogP) is 2.86. The topological polar surface area (TPSA) is 71.1 Å². The zero-order valence-corrected chi connectivity index (χ0v) is 18.8. The molecular weight excluding hydrogens is 382 g/mol. The van der Waals surface area contributed by atoms with Crippen molar-refractivity contribution in [3.63, 3.8) is 0 Å². The molecule has 1 aromatic carbocycles. The number of carbonyl (C=O) groups excluding carboxylic acids is 2. The summed E-state index contributed by atoms with van der Waals surface area (Å²) in [6.07, 6.45) is 2.55. The maximum atomic E-state index is 13.1. The third-order valence-corrected chi connectivity index (χ3v) is 6.09. The maximum absolute atomic E-state index is 13.1. The highest BCUT2D eigenvalue weighted by Gasteiger charge is 2.31. The van der Waals surface area contributed by atoms with Gasteiger partial charge in [-0.2, -0.15) is 0 Å². The number of ether oxygens (including phenoxy) is 2. The van der Waals surface area contributed by atoms with Crippen molar-refractivity contribution in [2.24, 2.45) is 11.8 Å². The molecular formula is C23H35N3O4. The molecule has 0 unspecified atom stereocenters. The van der Waals surface area contributed by atoms with E-state index in [1.54, 1.807) is 37.3 Å². The molecule has 2 aliphatic rings. The van der Waals surface area contributed by atoms with E-state index in [2.05, 4.69) is 24.1 Å². The quantitative estimate of drug-likeness (QED) is 0.816. The number of likely N-dealkylation sites (N-methyl/N-ethyl adjacent to an activating group) is 1. The van der Waals surface area contributed by atoms with Crippen molar-refractivity contribution in [2.45, 2.75) is 45.8 Å². The first kappa shape index (κ1) is 22.6. The predicted molar refractivity (Wildman–Crippen MR) is 117 cm³/mol. The first-order chi connectivity index (χ1) is 14.3. The smallest absolute Gasteiger partial charge is 0.257 e. The molecule has 7 heteroatoms. The Balaban J connectivity index is 1.91. The third-order valence-electron chi connectivity index (χ3n) is 6.09. The van der Waals surface area contributed by atoms with Crippen LogP contribution in [0.4, 0.5) is 5.69 Å². The number of hydrogen-bond acceptors (Lipinski definition) is 5. The molecule has 1 N–H and O–H groups in total. The Labute approximate surface area is 179 Å². The average Bonchev–Trinajstić information content (AvgIpc) is 3.52. The van der Waals surface area contributed by atoms with Crippen molar-refractivity contribution in [3.05, 3.63) is 23.8 Å². The molecule has 1 aromatic rings. The molecule has 1 fully saturated rings. The fourth-order valence-electron chi connectivity index (χ4n) is 4.01. The van der Waals surface area contributed by atoms with Crippen LogP contribution in [0.25, 0.3) is 0 Å². The van der Waals surface area contributed by atoms with Gasteiger partial charge in [0.05, 0.1) is 11.7 Å². The van der Waals surface area contributed by atoms with Gasteiger partial charge in [-0.3, -0.25) is 14.5 Å². The van der Waals surface area contributed by atoms with E-state index in [9.17, 15) is 9.59 Å². The lowest BCUT2D eigenvalue weighted by molar-refractivity contribution is -0.114. The zero-order valence-electron chi connectivity index (χ0n) is 18.8. The molecule has 166 valence electrons. The molecule has 1 aliphatic carbocycles. The maximum Gasteiger partial charge on any atom is 0.257 e. The molecule has 7 nitrogen and oxygen atoms in total. The van der Waals surface area contributed by atoms with Gasteiger partial charge in [0, 0.05) is 58.5 Å². The lowest BCUT2D eigenvalue weighted by Gasteiger charge is -2.36. The van der Waals surface area contributed by atoms with Crippen LogP contribution in [0.5, 0.6) is 5.75 Å². The number of amides is 2. The molecule has 0 radical (unpaired) electrons. The Morgan fingerprint density at radius 2 is 2.00 bits per heavy atom. The van der Waals surface area contributed by atoms with Gasteiger partial charge in [0.25, 0.3) is 5.91 Å². The first-order valence-corrected chi connectivity index (χ1v) is 10.8. The Morgan fingerprint density at radius 1 is 1.27 bits per heavy atom. The molecule has 2 amide bonds. The molecule has 3 rings (SSSR count). The number of methoxy groups -OCH3 is 1. The molecule has 0 bridgehead atoms. The molecule has 3 atom stereocenters. The number of fused-ring (bicyclic) bond motifs is 1. The van der Waals surface area contributed by atoms with Gasteiger partial charge in [-0.15, -0.1) is 0 Å². The van der Waals surface area contributed by atoms with Crippen LogP contribution in [-0.4, -0.2) is 74.2 Å². The van der Waals surface area contributed by atoms with Gasteiger partial charge in [0.1, 0.15) is 12.4 Å². The van der Waals surface area contributed by atoms with Gasteiger partial charge >= 0.3 is 0 Å². The monoisotopic (exact) mass is 417 g/mol. The number of nitrogens with one attached hydrogen (secondary N) is 1. The number of rotatable bonds is 4. The summed E-state index contributed by atoms with van der Waals surface area (Å²) in [7, 11) is 3.51. The molecule has 0 spiro atoms. The highest BCUT2D eigenvalue weighted by Crippen LogP contribution is 2.32. The van der Waals surface area contributed by atoms with E-state index in [1.807, 2.05) is 0 Å². The van der Waals surface area contributed by atoms with Crippen LogP contribution in [0.2, 0.25) is 0 Å². The minimum Gasteiger partial charge on any atom is -0.491 e. The van der Waals surface area contributed by atoms with Crippen LogP contribution in [0.3, 0.4) is 0 Å². The van der Waals surface area contributed by atoms with Gasteiger partial charge in [-0.05, 0) is 43.7 Å². The molecule has 1 heterocycles. The van der Waals surface area contributed by atoms with E-state index in [0.29, 0.717) is 30.2 Å². The van der Waals surface area contributed by atoms with E-state index in [1.165, 1.54) is 19.8 Å². The van der Waals surface area contributed by atoms with Crippen molar-refractivity contribution >= 4 is 17.5 Å². The zero-order chi connectivity index (χ0) is 21.8. The molecule has 30 heavy (non-hydrogen) atoms. The minimum absolute atomic E-state index is 0.0460. The molecule has 0 saturated heterocycles. The van der Waals surface area contributed by atoms with Crippen molar-refractivity contribution < 1.29 is 19.1 Å². The summed E-state index contributed by atoms with van der Waals surface area (Å²) in [5, 5.41) is 2.77. The number of hydrogen-bond donors (Lipinski definition) is 1. The highest BCUT2D eigenvalue weighted by molar-refractivity contribution is 5.98. The van der Waals surface area contributed by atoms with Crippen molar-refractivity contribution in [3.8, 4) is 5.75 Å². The van der Waals surface area contributed by atoms with E-state index < -0.39 is 0 Å². The van der Waals surface area contributed by atoms with E-state index >= 15 is 0 Å². The van der Waals surface area contributed by atoms with Gasteiger partial charge in [0.15, 0.2) is 0 Å². The van der Waals surface area contributed by atoms with Crippen LogP contribution in [0.15, 0.2) is 18.2 Å². The molecule has 1 saturated carbocycles. The minimum atomic E-state index is -0.160. The number of anilines is 1. The second-order valence-electron chi connectivity index (χ2n) is 8.89. The molecule has 1 aliphatic heterocycles. The first-order valence-electron chi connectivity index (χ1n) is 10.8. The van der Waals surface area contributed by atoms with Crippen molar-refractivity contribution in [1.29, 1.82) is 0 Å². The Hall–Kier alpha value is -2.12. The van der Waals surface area contributed by atoms with Crippen LogP contribution in [-0.2, 0) is 9.53 Å². The lowest BCUT2D eigenvalue weighted by atomic mass is 10.0. The summed E-state index contributed by atoms with van der Waals surface area (Å²) < 4.78 is 11.9. The summed E-state index contributed by atoms with van der Waals surface area (Å²) in [4.78, 5) is 28.8. The Morgan fingerprint density at radius 3 is 2.63 bits per heavy atom. The number of nitrogens with zero attached hydrogens (tertiary/aromatic N) is 2. The van der Waals surface area contributed by atoms with Gasteiger partial charge in [-0.1, -0.05) is 6.92 Å². The van der Waals surface area contributed by atoms with E-state index in [0.717, 1.165) is 19.0 Å². The van der Waals surface area contributed by atoms with Crippen LogP contribution >= 0.6 is 0 Å². The Bertz CT molecular complexity index is 765. The van der Waals surface area contributed by atoms with Crippen LogP contribution < -0.4 is 10.1 Å². The van der Waals surface area contributed by atoms with E-state index in [4.69, 9.17) is 9.47 Å². The summed E-state index contributed by atoms with van der Waals surface area (Å²) in [5.41, 5.74) is 1.12. The second-order valence-corrected chi connectivity index (χ2v) is 8.89. The van der Waals surface area contributed by atoms with Crippen molar-refractivity contribution in [2.75, 3.05) is 45.7 Å². The van der Waals surface area contributed by atoms with E-state index in [-0.39, 0.29) is 29.9 Å². The largest absolute Gasteiger partial charge is 0.491 e. The van der Waals surface area contributed by atoms with Gasteiger partial charge in [0.2, 0.25) is 5.91 Å². The fourth-order valence-corrected chi connectivity index (χ4v) is 4.01.